The van der Waals surface area contributed by atoms with Gasteiger partial charge in [-0.15, -0.1) is 0 Å². The molecule has 0 bridgehead atoms. The smallest absolute Gasteiger partial charge is 0.197 e. The van der Waals surface area contributed by atoms with Crippen molar-refractivity contribution < 1.29 is 0 Å². The molecule has 0 unspecified atom stereocenters. The van der Waals surface area contributed by atoms with Gasteiger partial charge in [0.15, 0.2) is 11.6 Å². The van der Waals surface area contributed by atoms with Crippen molar-refractivity contribution in [2.45, 2.75) is 40.0 Å². The van der Waals surface area contributed by atoms with Crippen LogP contribution in [0.15, 0.2) is 12.4 Å². The summed E-state index contributed by atoms with van der Waals surface area (Å²) in [6, 6.07) is 0. The van der Waals surface area contributed by atoms with Crippen LogP contribution in [0.2, 0.25) is 0 Å². The zero-order valence-electron chi connectivity index (χ0n) is 12.4. The standard InChI is InChI=1S/C15H21N5/c1-11-12(2)18-20(13(11)3)15-14(16-7-8-17-15)19-9-5-4-6-10-19/h7-8H,4-6,9-10H2,1-3H3. The van der Waals surface area contributed by atoms with Gasteiger partial charge in [-0.05, 0) is 45.6 Å². The average molecular weight is 271 g/mol. The Morgan fingerprint density at radius 1 is 0.900 bits per heavy atom. The highest BCUT2D eigenvalue weighted by Gasteiger charge is 2.20. The van der Waals surface area contributed by atoms with Gasteiger partial charge in [0.1, 0.15) is 0 Å². The van der Waals surface area contributed by atoms with Gasteiger partial charge in [-0.2, -0.15) is 5.10 Å². The molecule has 1 aliphatic rings. The number of anilines is 1. The molecule has 2 aromatic rings. The summed E-state index contributed by atoms with van der Waals surface area (Å²) in [5.41, 5.74) is 3.42. The lowest BCUT2D eigenvalue weighted by atomic mass is 10.1. The van der Waals surface area contributed by atoms with Crippen molar-refractivity contribution in [1.29, 1.82) is 0 Å². The van der Waals surface area contributed by atoms with Gasteiger partial charge in [0.05, 0.1) is 5.69 Å². The highest BCUT2D eigenvalue weighted by molar-refractivity contribution is 5.53. The van der Waals surface area contributed by atoms with E-state index in [0.29, 0.717) is 0 Å². The number of hydrogen-bond donors (Lipinski definition) is 0. The molecule has 2 aromatic heterocycles. The number of rotatable bonds is 2. The third-order valence-corrected chi connectivity index (χ3v) is 4.17. The molecule has 3 rings (SSSR count). The van der Waals surface area contributed by atoms with Crippen molar-refractivity contribution >= 4 is 5.82 Å². The first kappa shape index (κ1) is 13.1. The molecule has 3 heterocycles. The van der Waals surface area contributed by atoms with E-state index in [2.05, 4.69) is 33.8 Å². The van der Waals surface area contributed by atoms with Crippen LogP contribution < -0.4 is 4.90 Å². The number of piperidine rings is 1. The number of hydrogen-bond acceptors (Lipinski definition) is 4. The molecular formula is C15H21N5. The lowest BCUT2D eigenvalue weighted by Crippen LogP contribution is -2.31. The van der Waals surface area contributed by atoms with E-state index in [4.69, 9.17) is 0 Å². The summed E-state index contributed by atoms with van der Waals surface area (Å²) in [7, 11) is 0. The van der Waals surface area contributed by atoms with Gasteiger partial charge in [0.2, 0.25) is 0 Å². The zero-order chi connectivity index (χ0) is 14.1. The Hall–Kier alpha value is -1.91. The maximum Gasteiger partial charge on any atom is 0.197 e. The van der Waals surface area contributed by atoms with Gasteiger partial charge in [0.25, 0.3) is 0 Å². The van der Waals surface area contributed by atoms with Gasteiger partial charge < -0.3 is 4.90 Å². The molecule has 0 spiro atoms. The first-order valence-electron chi connectivity index (χ1n) is 7.27. The molecule has 20 heavy (non-hydrogen) atoms. The molecule has 0 amide bonds. The van der Waals surface area contributed by atoms with E-state index in [1.165, 1.54) is 24.8 Å². The highest BCUT2D eigenvalue weighted by atomic mass is 15.4. The van der Waals surface area contributed by atoms with Crippen LogP contribution in [0.3, 0.4) is 0 Å². The van der Waals surface area contributed by atoms with E-state index in [0.717, 1.165) is 36.1 Å². The molecule has 0 aromatic carbocycles. The first-order valence-corrected chi connectivity index (χ1v) is 7.27. The van der Waals surface area contributed by atoms with E-state index in [1.807, 2.05) is 11.6 Å². The van der Waals surface area contributed by atoms with Crippen molar-refractivity contribution in [3.63, 3.8) is 0 Å². The summed E-state index contributed by atoms with van der Waals surface area (Å²) in [5.74, 6) is 1.81. The van der Waals surface area contributed by atoms with Crippen LogP contribution in [-0.2, 0) is 0 Å². The summed E-state index contributed by atoms with van der Waals surface area (Å²) < 4.78 is 1.93. The van der Waals surface area contributed by atoms with Crippen LogP contribution in [0.25, 0.3) is 5.82 Å². The van der Waals surface area contributed by atoms with Crippen LogP contribution >= 0.6 is 0 Å². The summed E-state index contributed by atoms with van der Waals surface area (Å²) in [6.45, 7) is 8.35. The SMILES string of the molecule is Cc1nn(-c2nccnc2N2CCCCC2)c(C)c1C. The summed E-state index contributed by atoms with van der Waals surface area (Å²) >= 11 is 0. The van der Waals surface area contributed by atoms with Gasteiger partial charge in [-0.1, -0.05) is 0 Å². The van der Waals surface area contributed by atoms with Crippen molar-refractivity contribution in [2.75, 3.05) is 18.0 Å². The Bertz CT molecular complexity index is 611. The second-order valence-electron chi connectivity index (χ2n) is 5.46. The van der Waals surface area contributed by atoms with Crippen LogP contribution in [0.1, 0.15) is 36.2 Å². The van der Waals surface area contributed by atoms with Crippen molar-refractivity contribution in [3.8, 4) is 5.82 Å². The topological polar surface area (TPSA) is 46.8 Å². The maximum atomic E-state index is 4.62. The van der Waals surface area contributed by atoms with E-state index < -0.39 is 0 Å². The Morgan fingerprint density at radius 3 is 2.15 bits per heavy atom. The highest BCUT2D eigenvalue weighted by Crippen LogP contribution is 2.25. The van der Waals surface area contributed by atoms with Crippen molar-refractivity contribution in [1.82, 2.24) is 19.7 Å². The minimum atomic E-state index is 0.850. The molecule has 0 radical (unpaired) electrons. The fourth-order valence-electron chi connectivity index (χ4n) is 2.73. The molecular weight excluding hydrogens is 250 g/mol. The van der Waals surface area contributed by atoms with Gasteiger partial charge in [-0.3, -0.25) is 0 Å². The average Bonchev–Trinajstić information content (AvgIpc) is 2.76. The molecule has 0 aliphatic carbocycles. The summed E-state index contributed by atoms with van der Waals surface area (Å²) in [5, 5.41) is 4.62. The molecule has 0 N–H and O–H groups in total. The molecule has 1 fully saturated rings. The molecule has 1 saturated heterocycles. The Morgan fingerprint density at radius 2 is 1.55 bits per heavy atom. The second kappa shape index (κ2) is 5.23. The molecule has 5 nitrogen and oxygen atoms in total. The number of aromatic nitrogens is 4. The molecule has 0 saturated carbocycles. The van der Waals surface area contributed by atoms with Gasteiger partial charge in [-0.25, -0.2) is 14.6 Å². The molecule has 1 aliphatic heterocycles. The van der Waals surface area contributed by atoms with Crippen molar-refractivity contribution in [3.05, 3.63) is 29.3 Å². The van der Waals surface area contributed by atoms with E-state index in [-0.39, 0.29) is 0 Å². The molecule has 106 valence electrons. The maximum absolute atomic E-state index is 4.62. The summed E-state index contributed by atoms with van der Waals surface area (Å²) in [4.78, 5) is 11.4. The lowest BCUT2D eigenvalue weighted by Gasteiger charge is -2.28. The van der Waals surface area contributed by atoms with E-state index in [1.54, 1.807) is 12.4 Å². The van der Waals surface area contributed by atoms with Gasteiger partial charge >= 0.3 is 0 Å². The minimum absolute atomic E-state index is 0.850. The molecule has 0 atom stereocenters. The first-order chi connectivity index (χ1) is 9.68. The predicted octanol–water partition coefficient (Wildman–Crippen LogP) is 2.58. The van der Waals surface area contributed by atoms with Gasteiger partial charge in [0, 0.05) is 31.2 Å². The third-order valence-electron chi connectivity index (χ3n) is 4.17. The van der Waals surface area contributed by atoms with Crippen LogP contribution in [0.5, 0.6) is 0 Å². The lowest BCUT2D eigenvalue weighted by molar-refractivity contribution is 0.570. The van der Waals surface area contributed by atoms with E-state index >= 15 is 0 Å². The quantitative estimate of drug-likeness (QED) is 0.842. The summed E-state index contributed by atoms with van der Waals surface area (Å²) in [6.07, 6.45) is 7.28. The monoisotopic (exact) mass is 271 g/mol. The van der Waals surface area contributed by atoms with Crippen molar-refractivity contribution in [2.24, 2.45) is 0 Å². The fourth-order valence-corrected chi connectivity index (χ4v) is 2.73. The fraction of sp³-hybridized carbons (Fsp3) is 0.533. The number of aryl methyl sites for hydroxylation is 1. The predicted molar refractivity (Wildman–Crippen MR) is 79.4 cm³/mol. The van der Waals surface area contributed by atoms with Crippen LogP contribution in [0, 0.1) is 20.8 Å². The minimum Gasteiger partial charge on any atom is -0.353 e. The Kier molecular flexibility index (Phi) is 3.42. The largest absolute Gasteiger partial charge is 0.353 e. The Balaban J connectivity index is 2.07. The van der Waals surface area contributed by atoms with E-state index in [9.17, 15) is 0 Å². The molecule has 5 heteroatoms. The normalized spacial score (nSPS) is 15.7. The van der Waals surface area contributed by atoms with Crippen LogP contribution in [0.4, 0.5) is 5.82 Å². The zero-order valence-corrected chi connectivity index (χ0v) is 12.4. The third kappa shape index (κ3) is 2.17. The number of nitrogens with zero attached hydrogens (tertiary/aromatic N) is 5. The second-order valence-corrected chi connectivity index (χ2v) is 5.46. The van der Waals surface area contributed by atoms with Crippen LogP contribution in [-0.4, -0.2) is 32.8 Å². The Labute approximate surface area is 119 Å².